The molecule has 2 aromatic rings. The summed E-state index contributed by atoms with van der Waals surface area (Å²) in [4.78, 5) is 26.6. The number of carbonyl (C=O) groups is 2. The first-order valence-electron chi connectivity index (χ1n) is 10.2. The molecule has 0 spiro atoms. The molecule has 2 rings (SSSR count). The van der Waals surface area contributed by atoms with Gasteiger partial charge in [-0.15, -0.1) is 0 Å². The molecule has 4 heteroatoms. The highest BCUT2D eigenvalue weighted by Crippen LogP contribution is 2.23. The van der Waals surface area contributed by atoms with Crippen LogP contribution in [0.15, 0.2) is 84.6 Å². The Morgan fingerprint density at radius 1 is 1.13 bits per heavy atom. The molecule has 0 amide bonds. The monoisotopic (exact) mass is 418 g/mol. The second kappa shape index (κ2) is 16.4. The van der Waals surface area contributed by atoms with Crippen molar-refractivity contribution in [2.24, 2.45) is 5.73 Å². The van der Waals surface area contributed by atoms with Crippen LogP contribution in [0.3, 0.4) is 0 Å². The number of nitrogens with two attached hydrogens (primary N) is 1. The van der Waals surface area contributed by atoms with E-state index in [0.717, 1.165) is 23.0 Å². The average Bonchev–Trinajstić information content (AvgIpc) is 2.81. The Kier molecular flexibility index (Phi) is 14.6. The number of benzene rings is 1. The number of hydrogen-bond donors (Lipinski definition) is 1. The third-order valence-electron chi connectivity index (χ3n) is 3.94. The Morgan fingerprint density at radius 3 is 2.26 bits per heavy atom. The summed E-state index contributed by atoms with van der Waals surface area (Å²) < 4.78 is 0. The minimum atomic E-state index is -0.0183. The van der Waals surface area contributed by atoms with E-state index in [0.29, 0.717) is 23.3 Å². The van der Waals surface area contributed by atoms with Gasteiger partial charge in [0.15, 0.2) is 5.78 Å². The fourth-order valence-corrected chi connectivity index (χ4v) is 2.59. The molecular formula is C27H34N2O2. The number of rotatable bonds is 7. The summed E-state index contributed by atoms with van der Waals surface area (Å²) in [5, 5.41) is 0. The maximum Gasteiger partial charge on any atom is 0.190 e. The number of nitrogens with zero attached hydrogens (tertiary/aromatic N) is 1. The summed E-state index contributed by atoms with van der Waals surface area (Å²) in [7, 11) is 1.50. The van der Waals surface area contributed by atoms with Crippen molar-refractivity contribution in [2.45, 2.75) is 34.1 Å². The summed E-state index contributed by atoms with van der Waals surface area (Å²) in [6.45, 7) is 11.2. The molecule has 1 heterocycles. The number of ketones is 1. The molecule has 0 aliphatic heterocycles. The predicted molar refractivity (Wildman–Crippen MR) is 133 cm³/mol. The maximum absolute atomic E-state index is 13.0. The van der Waals surface area contributed by atoms with Gasteiger partial charge < -0.3 is 10.5 Å². The van der Waals surface area contributed by atoms with Crippen LogP contribution >= 0.6 is 0 Å². The zero-order valence-corrected chi connectivity index (χ0v) is 19.3. The standard InChI is InChI=1S/C23H23NO.C3H6O.CH5N/c1-5-10-17(3)14-18(4)23(25)21-15-20(16-24-22(21)11-6-2)19-12-8-7-9-13-19;1-2-3-4;1-2/h5-16H,1H2,2-4H3;3H,2H2,1H3;2H2,1H3/b11-6-,17-10-,18-14+;;. The highest BCUT2D eigenvalue weighted by molar-refractivity contribution is 6.10. The lowest BCUT2D eigenvalue weighted by molar-refractivity contribution is -0.107. The van der Waals surface area contributed by atoms with E-state index in [1.807, 2.05) is 94.6 Å². The van der Waals surface area contributed by atoms with Crippen LogP contribution in [-0.4, -0.2) is 24.1 Å². The van der Waals surface area contributed by atoms with Crippen LogP contribution < -0.4 is 5.73 Å². The summed E-state index contributed by atoms with van der Waals surface area (Å²) in [6, 6.07) is 11.9. The first-order valence-corrected chi connectivity index (χ1v) is 10.2. The molecule has 1 aromatic heterocycles. The molecule has 1 aromatic carbocycles. The van der Waals surface area contributed by atoms with E-state index >= 15 is 0 Å². The lowest BCUT2D eigenvalue weighted by atomic mass is 9.97. The Hall–Kier alpha value is -3.37. The molecular weight excluding hydrogens is 384 g/mol. The van der Waals surface area contributed by atoms with E-state index < -0.39 is 0 Å². The molecule has 0 aliphatic rings. The van der Waals surface area contributed by atoms with Crippen molar-refractivity contribution in [3.63, 3.8) is 0 Å². The Bertz CT molecular complexity index is 924. The number of aldehydes is 1. The summed E-state index contributed by atoms with van der Waals surface area (Å²) >= 11 is 0. The van der Waals surface area contributed by atoms with E-state index in [1.54, 1.807) is 6.08 Å². The number of pyridine rings is 1. The van der Waals surface area contributed by atoms with Gasteiger partial charge in [0, 0.05) is 23.7 Å². The van der Waals surface area contributed by atoms with Gasteiger partial charge in [-0.3, -0.25) is 9.78 Å². The van der Waals surface area contributed by atoms with Crippen molar-refractivity contribution < 1.29 is 9.59 Å². The third kappa shape index (κ3) is 9.79. The van der Waals surface area contributed by atoms with Crippen LogP contribution in [0.4, 0.5) is 0 Å². The van der Waals surface area contributed by atoms with Crippen LogP contribution in [0.1, 0.15) is 50.2 Å². The SMILES string of the molecule is C=C/C=C(C)\C=C(/C)C(=O)c1cc(-c2ccccc2)cnc1/C=C\C.CCC=O.CN. The van der Waals surface area contributed by atoms with Gasteiger partial charge in [-0.2, -0.15) is 0 Å². The highest BCUT2D eigenvalue weighted by Gasteiger charge is 2.14. The lowest BCUT2D eigenvalue weighted by Crippen LogP contribution is -2.05. The van der Waals surface area contributed by atoms with Gasteiger partial charge in [0.1, 0.15) is 6.29 Å². The minimum absolute atomic E-state index is 0.0183. The first-order chi connectivity index (χ1) is 15.0. The van der Waals surface area contributed by atoms with Gasteiger partial charge in [0.2, 0.25) is 0 Å². The zero-order chi connectivity index (χ0) is 23.6. The van der Waals surface area contributed by atoms with E-state index in [1.165, 1.54) is 7.05 Å². The summed E-state index contributed by atoms with van der Waals surface area (Å²) in [6.07, 6.45) is 12.5. The van der Waals surface area contributed by atoms with E-state index in [4.69, 9.17) is 0 Å². The molecule has 0 saturated heterocycles. The van der Waals surface area contributed by atoms with Crippen LogP contribution in [0.2, 0.25) is 0 Å². The largest absolute Gasteiger partial charge is 0.333 e. The van der Waals surface area contributed by atoms with Crippen molar-refractivity contribution in [1.82, 2.24) is 4.98 Å². The normalized spacial score (nSPS) is 11.0. The van der Waals surface area contributed by atoms with E-state index in [2.05, 4.69) is 17.3 Å². The second-order valence-electron chi connectivity index (χ2n) is 6.40. The average molecular weight is 419 g/mol. The smallest absolute Gasteiger partial charge is 0.190 e. The van der Waals surface area contributed by atoms with Crippen LogP contribution in [-0.2, 0) is 4.79 Å². The second-order valence-corrected chi connectivity index (χ2v) is 6.40. The molecule has 4 nitrogen and oxygen atoms in total. The van der Waals surface area contributed by atoms with Gasteiger partial charge in [0.25, 0.3) is 0 Å². The highest BCUT2D eigenvalue weighted by atomic mass is 16.1. The van der Waals surface area contributed by atoms with Crippen molar-refractivity contribution >= 4 is 18.1 Å². The number of hydrogen-bond acceptors (Lipinski definition) is 4. The predicted octanol–water partition coefficient (Wildman–Crippen LogP) is 6.21. The molecule has 0 fully saturated rings. The van der Waals surface area contributed by atoms with E-state index in [-0.39, 0.29) is 5.78 Å². The van der Waals surface area contributed by atoms with Gasteiger partial charge in [0.05, 0.1) is 5.69 Å². The van der Waals surface area contributed by atoms with Gasteiger partial charge in [-0.05, 0) is 51.1 Å². The Morgan fingerprint density at radius 2 is 1.74 bits per heavy atom. The topological polar surface area (TPSA) is 73.0 Å². The van der Waals surface area contributed by atoms with Crippen molar-refractivity contribution in [3.05, 3.63) is 95.9 Å². The van der Waals surface area contributed by atoms with Crippen LogP contribution in [0.5, 0.6) is 0 Å². The number of aromatic nitrogens is 1. The quantitative estimate of drug-likeness (QED) is 0.251. The molecule has 2 N–H and O–H groups in total. The minimum Gasteiger partial charge on any atom is -0.333 e. The fourth-order valence-electron chi connectivity index (χ4n) is 2.59. The van der Waals surface area contributed by atoms with Crippen LogP contribution in [0, 0.1) is 0 Å². The summed E-state index contributed by atoms with van der Waals surface area (Å²) in [5.41, 5.74) is 9.43. The summed E-state index contributed by atoms with van der Waals surface area (Å²) in [5.74, 6) is -0.0183. The molecule has 0 saturated carbocycles. The molecule has 164 valence electrons. The molecule has 0 aliphatic carbocycles. The van der Waals surface area contributed by atoms with Gasteiger partial charge >= 0.3 is 0 Å². The van der Waals surface area contributed by atoms with Crippen molar-refractivity contribution in [2.75, 3.05) is 7.05 Å². The third-order valence-corrected chi connectivity index (χ3v) is 3.94. The fraction of sp³-hybridized carbons (Fsp3) is 0.222. The Balaban J connectivity index is 0.00000134. The van der Waals surface area contributed by atoms with Crippen LogP contribution in [0.25, 0.3) is 17.2 Å². The molecule has 0 atom stereocenters. The maximum atomic E-state index is 13.0. The molecule has 0 bridgehead atoms. The zero-order valence-electron chi connectivity index (χ0n) is 19.3. The Labute approximate surface area is 186 Å². The van der Waals surface area contributed by atoms with Gasteiger partial charge in [-0.1, -0.05) is 73.7 Å². The first kappa shape index (κ1) is 27.6. The van der Waals surface area contributed by atoms with Crippen molar-refractivity contribution in [3.8, 4) is 11.1 Å². The molecule has 0 unspecified atom stereocenters. The van der Waals surface area contributed by atoms with E-state index in [9.17, 15) is 9.59 Å². The van der Waals surface area contributed by atoms with Gasteiger partial charge in [-0.25, -0.2) is 0 Å². The molecule has 31 heavy (non-hydrogen) atoms. The number of allylic oxidation sites excluding steroid dienone is 6. The lowest BCUT2D eigenvalue weighted by Gasteiger charge is -2.09. The number of Topliss-reactive ketones (excluding diaryl/α,β-unsaturated/α-hetero) is 1. The molecule has 0 radical (unpaired) electrons. The number of carbonyl (C=O) groups excluding carboxylic acids is 2. The van der Waals surface area contributed by atoms with Crippen molar-refractivity contribution in [1.29, 1.82) is 0 Å².